The van der Waals surface area contributed by atoms with Crippen molar-refractivity contribution in [1.82, 2.24) is 19.7 Å². The molecule has 2 N–H and O–H groups in total. The first-order valence-electron chi connectivity index (χ1n) is 11.3. The van der Waals surface area contributed by atoms with Crippen molar-refractivity contribution in [2.45, 2.75) is 32.5 Å². The lowest BCUT2D eigenvalue weighted by Gasteiger charge is -2.19. The van der Waals surface area contributed by atoms with E-state index in [1.807, 2.05) is 0 Å². The molecule has 1 aromatic carbocycles. The summed E-state index contributed by atoms with van der Waals surface area (Å²) in [6, 6.07) is 8.56. The summed E-state index contributed by atoms with van der Waals surface area (Å²) in [7, 11) is 0. The van der Waals surface area contributed by atoms with Gasteiger partial charge in [-0.1, -0.05) is 0 Å². The number of carbonyl (C=O) groups excluding carboxylic acids is 3. The number of pyridine rings is 1. The number of anilines is 2. The summed E-state index contributed by atoms with van der Waals surface area (Å²) in [5, 5.41) is 8.18. The number of rotatable bonds is 6. The molecule has 0 saturated carbocycles. The third-order valence-corrected chi connectivity index (χ3v) is 4.90. The van der Waals surface area contributed by atoms with Crippen molar-refractivity contribution in [3.05, 3.63) is 72.0 Å². The molecule has 0 spiro atoms. The molecule has 0 unspecified atom stereocenters. The fraction of sp³-hybridized carbons (Fsp3) is 0.200. The van der Waals surface area contributed by atoms with Gasteiger partial charge in [0.1, 0.15) is 24.0 Å². The van der Waals surface area contributed by atoms with Gasteiger partial charge in [-0.2, -0.15) is 18.3 Å². The number of nitrogens with zero attached hydrogens (tertiary/aromatic N) is 4. The van der Waals surface area contributed by atoms with Crippen LogP contribution in [0.25, 0.3) is 17.1 Å². The summed E-state index contributed by atoms with van der Waals surface area (Å²) in [5.41, 5.74) is -2.06. The van der Waals surface area contributed by atoms with Crippen molar-refractivity contribution in [1.29, 1.82) is 0 Å². The number of oxazole rings is 1. The fourth-order valence-electron chi connectivity index (χ4n) is 3.25. The second kappa shape index (κ2) is 10.4. The number of carbonyl (C=O) groups is 3. The van der Waals surface area contributed by atoms with Crippen molar-refractivity contribution in [2.24, 2.45) is 0 Å². The molecule has 3 heterocycles. The number of nitrogens with one attached hydrogen (secondary N) is 2. The van der Waals surface area contributed by atoms with Gasteiger partial charge < -0.3 is 14.5 Å². The predicted molar refractivity (Wildman–Crippen MR) is 131 cm³/mol. The van der Waals surface area contributed by atoms with Crippen LogP contribution in [0.1, 0.15) is 47.3 Å². The third kappa shape index (κ3) is 6.66. The zero-order chi connectivity index (χ0) is 28.4. The fourth-order valence-corrected chi connectivity index (χ4v) is 3.25. The van der Waals surface area contributed by atoms with Crippen molar-refractivity contribution in [3.63, 3.8) is 0 Å². The third-order valence-electron chi connectivity index (χ3n) is 4.90. The molecule has 14 heteroatoms. The van der Waals surface area contributed by atoms with E-state index in [-0.39, 0.29) is 23.1 Å². The highest BCUT2D eigenvalue weighted by atomic mass is 19.4. The monoisotopic (exact) mass is 542 g/mol. The first-order valence-corrected chi connectivity index (χ1v) is 11.3. The summed E-state index contributed by atoms with van der Waals surface area (Å²) in [4.78, 5) is 43.6. The number of amides is 2. The number of ether oxygens (including phenoxy) is 1. The van der Waals surface area contributed by atoms with Crippen LogP contribution in [0, 0.1) is 0 Å². The molecule has 0 aliphatic rings. The summed E-state index contributed by atoms with van der Waals surface area (Å²) in [6.07, 6.45) is -1.69. The Labute approximate surface area is 219 Å². The van der Waals surface area contributed by atoms with Crippen LogP contribution in [0.15, 0.2) is 59.5 Å². The molecule has 202 valence electrons. The molecule has 11 nitrogen and oxygen atoms in total. The minimum absolute atomic E-state index is 0.0446. The molecule has 2 amide bonds. The maximum Gasteiger partial charge on any atom is 0.437 e. The second-order valence-corrected chi connectivity index (χ2v) is 9.09. The van der Waals surface area contributed by atoms with E-state index in [9.17, 15) is 27.6 Å². The average Bonchev–Trinajstić information content (AvgIpc) is 3.51. The van der Waals surface area contributed by atoms with E-state index in [0.717, 1.165) is 17.1 Å². The Kier molecular flexibility index (Phi) is 7.21. The minimum atomic E-state index is -4.87. The highest BCUT2D eigenvalue weighted by molar-refractivity contribution is 6.03. The second-order valence-electron chi connectivity index (χ2n) is 9.09. The molecule has 0 atom stereocenters. The Morgan fingerprint density at radius 1 is 1.08 bits per heavy atom. The lowest BCUT2D eigenvalue weighted by Crippen LogP contribution is -2.27. The van der Waals surface area contributed by atoms with Crippen molar-refractivity contribution in [3.8, 4) is 17.1 Å². The van der Waals surface area contributed by atoms with Gasteiger partial charge in [-0.15, -0.1) is 0 Å². The number of aldehydes is 1. The van der Waals surface area contributed by atoms with E-state index >= 15 is 0 Å². The van der Waals surface area contributed by atoms with Gasteiger partial charge in [-0.25, -0.2) is 19.4 Å². The standard InChI is InChI=1S/C25H21F3N6O5/c1-24(2,3)39-23(37)32-19-10-15(8-9-29-19)22-31-18(13-38-22)21(36)30-17-11-34(33-20(17)25(26,27)28)16-6-4-14(12-35)5-7-16/h4-13H,1-3H3,(H,30,36)(H,29,32,37). The van der Waals surface area contributed by atoms with Crippen molar-refractivity contribution < 1.29 is 36.7 Å². The van der Waals surface area contributed by atoms with Gasteiger partial charge in [0.05, 0.1) is 17.6 Å². The highest BCUT2D eigenvalue weighted by Crippen LogP contribution is 2.34. The number of hydrogen-bond donors (Lipinski definition) is 2. The van der Waals surface area contributed by atoms with Gasteiger partial charge in [0, 0.05) is 17.3 Å². The van der Waals surface area contributed by atoms with Gasteiger partial charge in [0.25, 0.3) is 5.91 Å². The topological polar surface area (TPSA) is 141 Å². The molecule has 0 aliphatic carbocycles. The molecule has 0 radical (unpaired) electrons. The molecular formula is C25H21F3N6O5. The Hall–Kier alpha value is -5.01. The van der Waals surface area contributed by atoms with Gasteiger partial charge in [-0.05, 0) is 57.2 Å². The Bertz CT molecular complexity index is 1520. The lowest BCUT2D eigenvalue weighted by atomic mass is 10.2. The van der Waals surface area contributed by atoms with E-state index in [2.05, 4.69) is 25.7 Å². The van der Waals surface area contributed by atoms with Crippen LogP contribution < -0.4 is 10.6 Å². The summed E-state index contributed by atoms with van der Waals surface area (Å²) < 4.78 is 52.4. The molecule has 0 fully saturated rings. The minimum Gasteiger partial charge on any atom is -0.444 e. The van der Waals surface area contributed by atoms with Crippen LogP contribution in [-0.2, 0) is 10.9 Å². The zero-order valence-corrected chi connectivity index (χ0v) is 20.7. The van der Waals surface area contributed by atoms with Crippen molar-refractivity contribution in [2.75, 3.05) is 10.6 Å². The maximum absolute atomic E-state index is 13.6. The number of alkyl halides is 3. The molecule has 0 aliphatic heterocycles. The quantitative estimate of drug-likeness (QED) is 0.311. The molecule has 0 bridgehead atoms. The van der Waals surface area contributed by atoms with Crippen LogP contribution in [-0.4, -0.2) is 43.6 Å². The van der Waals surface area contributed by atoms with E-state index < -0.39 is 35.2 Å². The van der Waals surface area contributed by atoms with E-state index in [1.165, 1.54) is 42.6 Å². The van der Waals surface area contributed by atoms with Crippen LogP contribution in [0.2, 0.25) is 0 Å². The SMILES string of the molecule is CC(C)(C)OC(=O)Nc1cc(-c2nc(C(=O)Nc3cn(-c4ccc(C=O)cc4)nc3C(F)(F)F)co2)ccn1. The van der Waals surface area contributed by atoms with Gasteiger partial charge in [-0.3, -0.25) is 14.9 Å². The van der Waals surface area contributed by atoms with Crippen LogP contribution in [0.3, 0.4) is 0 Å². The first kappa shape index (κ1) is 27.0. The molecular weight excluding hydrogens is 521 g/mol. The van der Waals surface area contributed by atoms with Crippen LogP contribution >= 0.6 is 0 Å². The van der Waals surface area contributed by atoms with Crippen molar-refractivity contribution >= 4 is 29.8 Å². The van der Waals surface area contributed by atoms with E-state index in [0.29, 0.717) is 17.4 Å². The molecule has 4 rings (SSSR count). The summed E-state index contributed by atoms with van der Waals surface area (Å²) >= 11 is 0. The zero-order valence-electron chi connectivity index (χ0n) is 20.7. The van der Waals surface area contributed by atoms with E-state index in [1.54, 1.807) is 20.8 Å². The number of hydrogen-bond acceptors (Lipinski definition) is 8. The Morgan fingerprint density at radius 3 is 2.44 bits per heavy atom. The summed E-state index contributed by atoms with van der Waals surface area (Å²) in [5.74, 6) is -0.904. The Balaban J connectivity index is 1.53. The summed E-state index contributed by atoms with van der Waals surface area (Å²) in [6.45, 7) is 5.10. The van der Waals surface area contributed by atoms with E-state index in [4.69, 9.17) is 9.15 Å². The van der Waals surface area contributed by atoms with Gasteiger partial charge >= 0.3 is 12.3 Å². The molecule has 4 aromatic rings. The normalized spacial score (nSPS) is 11.6. The first-order chi connectivity index (χ1) is 18.3. The Morgan fingerprint density at radius 2 is 1.79 bits per heavy atom. The number of aromatic nitrogens is 4. The van der Waals surface area contributed by atoms with Gasteiger partial charge in [0.2, 0.25) is 5.89 Å². The molecule has 3 aromatic heterocycles. The highest BCUT2D eigenvalue weighted by Gasteiger charge is 2.38. The molecule has 0 saturated heterocycles. The average molecular weight is 542 g/mol. The van der Waals surface area contributed by atoms with Crippen LogP contribution in [0.4, 0.5) is 29.5 Å². The lowest BCUT2D eigenvalue weighted by molar-refractivity contribution is -0.140. The maximum atomic E-state index is 13.6. The number of benzene rings is 1. The van der Waals surface area contributed by atoms with Gasteiger partial charge in [0.15, 0.2) is 11.4 Å². The smallest absolute Gasteiger partial charge is 0.437 e. The van der Waals surface area contributed by atoms with Crippen LogP contribution in [0.5, 0.6) is 0 Å². The largest absolute Gasteiger partial charge is 0.444 e. The predicted octanol–water partition coefficient (Wildman–Crippen LogP) is 5.35. The molecule has 39 heavy (non-hydrogen) atoms. The number of halogens is 3.